The van der Waals surface area contributed by atoms with Crippen LogP contribution in [-0.4, -0.2) is 27.8 Å². The molecule has 0 aliphatic carbocycles. The summed E-state index contributed by atoms with van der Waals surface area (Å²) in [5.74, 6) is -1.15. The zero-order valence-corrected chi connectivity index (χ0v) is 13.0. The molecule has 0 saturated carbocycles. The average molecular weight is 322 g/mol. The number of oxazole rings is 1. The number of amides is 2. The molecule has 1 aromatic heterocycles. The summed E-state index contributed by atoms with van der Waals surface area (Å²) < 4.78 is 6.67. The van der Waals surface area contributed by atoms with E-state index >= 15 is 0 Å². The normalized spacial score (nSPS) is 13.8. The third-order valence-corrected chi connectivity index (χ3v) is 4.25. The number of hydrogen-bond acceptors (Lipinski definition) is 4. The van der Waals surface area contributed by atoms with E-state index in [1.54, 1.807) is 36.4 Å². The van der Waals surface area contributed by atoms with Gasteiger partial charge in [-0.2, -0.15) is 0 Å². The lowest BCUT2D eigenvalue weighted by Gasteiger charge is -2.13. The number of carbonyl (C=O) groups excluding carboxylic acids is 2. The summed E-state index contributed by atoms with van der Waals surface area (Å²) in [6.45, 7) is 2.23. The van der Waals surface area contributed by atoms with Gasteiger partial charge in [-0.15, -0.1) is 0 Å². The van der Waals surface area contributed by atoms with Crippen molar-refractivity contribution in [3.63, 3.8) is 0 Å². The van der Waals surface area contributed by atoms with Crippen molar-refractivity contribution >= 4 is 22.9 Å². The van der Waals surface area contributed by atoms with Crippen LogP contribution in [0.5, 0.6) is 0 Å². The smallest absolute Gasteiger partial charge is 0.408 e. The van der Waals surface area contributed by atoms with Gasteiger partial charge in [0.15, 0.2) is 5.58 Å². The van der Waals surface area contributed by atoms with Gasteiger partial charge < -0.3 is 4.42 Å². The molecule has 120 valence electrons. The predicted octanol–water partition coefficient (Wildman–Crippen LogP) is 2.20. The van der Waals surface area contributed by atoms with Crippen molar-refractivity contribution in [1.82, 2.24) is 9.47 Å². The first-order valence-electron chi connectivity index (χ1n) is 7.61. The molecule has 2 heterocycles. The molecular weight excluding hydrogens is 308 g/mol. The second kappa shape index (κ2) is 5.19. The van der Waals surface area contributed by atoms with E-state index in [-0.39, 0.29) is 24.9 Å². The Balaban J connectivity index is 1.63. The van der Waals surface area contributed by atoms with Crippen LogP contribution in [-0.2, 0) is 6.54 Å². The van der Waals surface area contributed by atoms with Crippen LogP contribution >= 0.6 is 0 Å². The predicted molar refractivity (Wildman–Crippen MR) is 87.0 cm³/mol. The zero-order valence-electron chi connectivity index (χ0n) is 13.0. The minimum absolute atomic E-state index is 0.120. The van der Waals surface area contributed by atoms with Gasteiger partial charge in [0.25, 0.3) is 11.8 Å². The van der Waals surface area contributed by atoms with Crippen molar-refractivity contribution in [3.8, 4) is 0 Å². The lowest BCUT2D eigenvalue weighted by atomic mass is 10.1. The molecule has 1 aliphatic heterocycles. The first kappa shape index (κ1) is 14.4. The van der Waals surface area contributed by atoms with Gasteiger partial charge in [0.1, 0.15) is 0 Å². The van der Waals surface area contributed by atoms with Crippen molar-refractivity contribution in [3.05, 3.63) is 69.7 Å². The van der Waals surface area contributed by atoms with Gasteiger partial charge in [0.05, 0.1) is 16.6 Å². The Bertz CT molecular complexity index is 1010. The number of hydrogen-bond donors (Lipinski definition) is 0. The molecule has 0 radical (unpaired) electrons. The van der Waals surface area contributed by atoms with Crippen LogP contribution in [0.15, 0.2) is 51.7 Å². The number of aromatic nitrogens is 1. The van der Waals surface area contributed by atoms with Gasteiger partial charge in [-0.1, -0.05) is 18.2 Å². The fourth-order valence-electron chi connectivity index (χ4n) is 3.03. The van der Waals surface area contributed by atoms with Crippen molar-refractivity contribution < 1.29 is 14.0 Å². The third kappa shape index (κ3) is 2.07. The fourth-order valence-corrected chi connectivity index (χ4v) is 3.03. The van der Waals surface area contributed by atoms with E-state index < -0.39 is 5.76 Å². The molecule has 6 heteroatoms. The highest BCUT2D eigenvalue weighted by molar-refractivity contribution is 6.21. The van der Waals surface area contributed by atoms with Crippen LogP contribution in [0.2, 0.25) is 0 Å². The Morgan fingerprint density at radius 1 is 0.917 bits per heavy atom. The molecule has 0 N–H and O–H groups in total. The van der Waals surface area contributed by atoms with Gasteiger partial charge in [-0.3, -0.25) is 19.1 Å². The van der Waals surface area contributed by atoms with Crippen molar-refractivity contribution in [2.24, 2.45) is 0 Å². The molecular formula is C18H14N2O4. The van der Waals surface area contributed by atoms with Gasteiger partial charge in [0, 0.05) is 13.1 Å². The number of imide groups is 1. The lowest BCUT2D eigenvalue weighted by molar-refractivity contribution is 0.0648. The highest BCUT2D eigenvalue weighted by Gasteiger charge is 2.34. The largest absolute Gasteiger partial charge is 0.420 e. The number of carbonyl (C=O) groups is 2. The van der Waals surface area contributed by atoms with Crippen LogP contribution in [0.25, 0.3) is 11.1 Å². The Labute approximate surface area is 136 Å². The van der Waals surface area contributed by atoms with E-state index in [0.717, 1.165) is 5.56 Å². The van der Waals surface area contributed by atoms with Gasteiger partial charge in [-0.25, -0.2) is 4.79 Å². The fraction of sp³-hybridized carbons (Fsp3) is 0.167. The summed E-state index contributed by atoms with van der Waals surface area (Å²) in [4.78, 5) is 37.9. The Hall–Kier alpha value is -3.15. The topological polar surface area (TPSA) is 72.5 Å². The van der Waals surface area contributed by atoms with Crippen molar-refractivity contribution in [2.75, 3.05) is 6.54 Å². The van der Waals surface area contributed by atoms with Crippen molar-refractivity contribution in [2.45, 2.75) is 13.5 Å². The maximum absolute atomic E-state index is 12.4. The maximum atomic E-state index is 12.4. The molecule has 3 aromatic rings. The highest BCUT2D eigenvalue weighted by atomic mass is 16.4. The minimum atomic E-state index is -0.493. The Kier molecular flexibility index (Phi) is 3.13. The molecule has 2 amide bonds. The van der Waals surface area contributed by atoms with Crippen LogP contribution in [0, 0.1) is 6.92 Å². The first-order valence-corrected chi connectivity index (χ1v) is 7.61. The summed E-state index contributed by atoms with van der Waals surface area (Å²) in [5.41, 5.74) is 2.96. The second-order valence-electron chi connectivity index (χ2n) is 5.80. The molecule has 2 aromatic carbocycles. The molecule has 4 rings (SSSR count). The number of fused-ring (bicyclic) bond motifs is 2. The van der Waals surface area contributed by atoms with E-state index in [0.29, 0.717) is 22.2 Å². The minimum Gasteiger partial charge on any atom is -0.408 e. The molecule has 0 atom stereocenters. The molecule has 24 heavy (non-hydrogen) atoms. The Morgan fingerprint density at radius 2 is 1.58 bits per heavy atom. The molecule has 1 aliphatic rings. The quantitative estimate of drug-likeness (QED) is 0.693. The van der Waals surface area contributed by atoms with E-state index in [2.05, 4.69) is 0 Å². The van der Waals surface area contributed by atoms with Gasteiger partial charge >= 0.3 is 5.76 Å². The molecule has 0 unspecified atom stereocenters. The van der Waals surface area contributed by atoms with Gasteiger partial charge in [0.2, 0.25) is 0 Å². The summed E-state index contributed by atoms with van der Waals surface area (Å²) >= 11 is 0. The van der Waals surface area contributed by atoms with Crippen LogP contribution in [0.3, 0.4) is 0 Å². The first-order chi connectivity index (χ1) is 11.6. The number of benzene rings is 2. The van der Waals surface area contributed by atoms with Gasteiger partial charge in [-0.05, 0) is 36.8 Å². The number of aryl methyl sites for hydroxylation is 1. The molecule has 0 spiro atoms. The molecule has 0 bridgehead atoms. The molecule has 6 nitrogen and oxygen atoms in total. The zero-order chi connectivity index (χ0) is 16.8. The summed E-state index contributed by atoms with van der Waals surface area (Å²) in [6.07, 6.45) is 0. The van der Waals surface area contributed by atoms with Crippen LogP contribution in [0.1, 0.15) is 26.3 Å². The van der Waals surface area contributed by atoms with E-state index in [4.69, 9.17) is 4.42 Å². The maximum Gasteiger partial charge on any atom is 0.420 e. The lowest BCUT2D eigenvalue weighted by Crippen LogP contribution is -2.34. The third-order valence-electron chi connectivity index (χ3n) is 4.25. The average Bonchev–Trinajstić information content (AvgIpc) is 3.00. The monoisotopic (exact) mass is 322 g/mol. The Morgan fingerprint density at radius 3 is 2.25 bits per heavy atom. The number of nitrogens with zero attached hydrogens (tertiary/aromatic N) is 2. The molecule has 0 saturated heterocycles. The summed E-state index contributed by atoms with van der Waals surface area (Å²) in [5, 5.41) is 0. The standard InChI is InChI=1S/C18H14N2O4/c1-11-6-7-14-15(10-11)24-18(23)19(14)8-9-20-16(21)12-4-2-3-5-13(12)17(20)22/h2-7,10H,8-9H2,1H3. The SMILES string of the molecule is Cc1ccc2c(c1)oc(=O)n2CCN1C(=O)c2ccccc2C1=O. The highest BCUT2D eigenvalue weighted by Crippen LogP contribution is 2.22. The van der Waals surface area contributed by atoms with Crippen LogP contribution < -0.4 is 5.76 Å². The molecule has 0 fully saturated rings. The van der Waals surface area contributed by atoms with E-state index in [1.165, 1.54) is 9.47 Å². The number of rotatable bonds is 3. The second-order valence-corrected chi connectivity index (χ2v) is 5.80. The summed E-state index contributed by atoms with van der Waals surface area (Å²) in [7, 11) is 0. The summed E-state index contributed by atoms with van der Waals surface area (Å²) in [6, 6.07) is 12.2. The van der Waals surface area contributed by atoms with E-state index in [1.807, 2.05) is 13.0 Å². The van der Waals surface area contributed by atoms with Crippen molar-refractivity contribution in [1.29, 1.82) is 0 Å². The van der Waals surface area contributed by atoms with E-state index in [9.17, 15) is 14.4 Å². The van der Waals surface area contributed by atoms with Crippen LogP contribution in [0.4, 0.5) is 0 Å².